The van der Waals surface area contributed by atoms with Crippen LogP contribution in [0.1, 0.15) is 17.3 Å². The van der Waals surface area contributed by atoms with E-state index in [-0.39, 0.29) is 27.1 Å². The Labute approximate surface area is 137 Å². The summed E-state index contributed by atoms with van der Waals surface area (Å²) in [5, 5.41) is 16.3. The van der Waals surface area contributed by atoms with Crippen molar-refractivity contribution in [2.75, 3.05) is 13.7 Å². The molecule has 0 saturated carbocycles. The molecule has 1 unspecified atom stereocenters. The fourth-order valence-corrected chi connectivity index (χ4v) is 2.23. The highest BCUT2D eigenvalue weighted by molar-refractivity contribution is 6.37. The lowest BCUT2D eigenvalue weighted by Gasteiger charge is -2.10. The number of benzene rings is 1. The summed E-state index contributed by atoms with van der Waals surface area (Å²) in [7, 11) is 1.38. The number of nitrogens with one attached hydrogen (secondary N) is 1. The molecule has 0 radical (unpaired) electrons. The van der Waals surface area contributed by atoms with Gasteiger partial charge in [0, 0.05) is 5.71 Å². The molecule has 0 heterocycles. The average Bonchev–Trinajstić information content (AvgIpc) is 2.44. The SMILES string of the molecule is COc1c(Cl)cc(C(=O)OCC(=O)C(C#N)C(C)=N)cc1Cl. The molecule has 1 N–H and O–H groups in total. The van der Waals surface area contributed by atoms with Crippen LogP contribution in [0.5, 0.6) is 5.75 Å². The Hall–Kier alpha value is -2.10. The maximum absolute atomic E-state index is 11.9. The lowest BCUT2D eigenvalue weighted by molar-refractivity contribution is -0.122. The average molecular weight is 343 g/mol. The van der Waals surface area contributed by atoms with Crippen molar-refractivity contribution in [2.24, 2.45) is 5.92 Å². The number of esters is 1. The smallest absolute Gasteiger partial charge is 0.338 e. The maximum Gasteiger partial charge on any atom is 0.338 e. The minimum atomic E-state index is -1.23. The summed E-state index contributed by atoms with van der Waals surface area (Å²) in [5.74, 6) is -2.50. The van der Waals surface area contributed by atoms with E-state index < -0.39 is 24.3 Å². The van der Waals surface area contributed by atoms with Crippen LogP contribution in [0.4, 0.5) is 0 Å². The van der Waals surface area contributed by atoms with Crippen molar-refractivity contribution >= 4 is 40.7 Å². The summed E-state index contributed by atoms with van der Waals surface area (Å²) >= 11 is 11.8. The van der Waals surface area contributed by atoms with Gasteiger partial charge in [-0.2, -0.15) is 5.26 Å². The van der Waals surface area contributed by atoms with E-state index in [2.05, 4.69) is 0 Å². The van der Waals surface area contributed by atoms with Gasteiger partial charge < -0.3 is 14.9 Å². The molecule has 1 aromatic carbocycles. The first kappa shape index (κ1) is 18.0. The van der Waals surface area contributed by atoms with E-state index in [9.17, 15) is 9.59 Å². The summed E-state index contributed by atoms with van der Waals surface area (Å²) in [5.41, 5.74) is -0.0669. The number of carbonyl (C=O) groups excluding carboxylic acids is 2. The number of Topliss-reactive ketones (excluding diaryl/α,β-unsaturated/α-hetero) is 1. The third kappa shape index (κ3) is 4.20. The normalized spacial score (nSPS) is 11.2. The van der Waals surface area contributed by atoms with Crippen LogP contribution < -0.4 is 4.74 Å². The Morgan fingerprint density at radius 1 is 1.36 bits per heavy atom. The van der Waals surface area contributed by atoms with Crippen LogP contribution in [0.15, 0.2) is 12.1 Å². The Bertz CT molecular complexity index is 644. The molecule has 0 aliphatic heterocycles. The van der Waals surface area contributed by atoms with Gasteiger partial charge >= 0.3 is 5.97 Å². The zero-order chi connectivity index (χ0) is 16.9. The summed E-state index contributed by atoms with van der Waals surface area (Å²) in [4.78, 5) is 23.5. The van der Waals surface area contributed by atoms with E-state index in [1.807, 2.05) is 0 Å². The zero-order valence-corrected chi connectivity index (χ0v) is 13.3. The van der Waals surface area contributed by atoms with Crippen LogP contribution >= 0.6 is 23.2 Å². The molecule has 0 saturated heterocycles. The van der Waals surface area contributed by atoms with Gasteiger partial charge in [-0.1, -0.05) is 23.2 Å². The van der Waals surface area contributed by atoms with Crippen molar-refractivity contribution in [1.82, 2.24) is 0 Å². The topological polar surface area (TPSA) is 100 Å². The number of hydrogen-bond acceptors (Lipinski definition) is 6. The minimum absolute atomic E-state index is 0.0451. The second kappa shape index (κ2) is 7.78. The molecule has 0 bridgehead atoms. The highest BCUT2D eigenvalue weighted by Crippen LogP contribution is 2.33. The zero-order valence-electron chi connectivity index (χ0n) is 11.8. The lowest BCUT2D eigenvalue weighted by Crippen LogP contribution is -2.25. The number of rotatable bonds is 6. The molecule has 6 nitrogen and oxygen atoms in total. The molecule has 1 aromatic rings. The van der Waals surface area contributed by atoms with E-state index >= 15 is 0 Å². The molecule has 0 aliphatic rings. The molecule has 0 amide bonds. The van der Waals surface area contributed by atoms with E-state index in [0.29, 0.717) is 0 Å². The largest absolute Gasteiger partial charge is 0.494 e. The third-order valence-electron chi connectivity index (χ3n) is 2.67. The summed E-state index contributed by atoms with van der Waals surface area (Å²) in [6, 6.07) is 4.26. The number of nitriles is 1. The first-order valence-electron chi connectivity index (χ1n) is 5.99. The predicted molar refractivity (Wildman–Crippen MR) is 80.8 cm³/mol. The fraction of sp³-hybridized carbons (Fsp3) is 0.286. The highest BCUT2D eigenvalue weighted by atomic mass is 35.5. The first-order valence-corrected chi connectivity index (χ1v) is 6.75. The van der Waals surface area contributed by atoms with Crippen LogP contribution in [0, 0.1) is 22.7 Å². The van der Waals surface area contributed by atoms with E-state index in [1.54, 1.807) is 6.07 Å². The lowest BCUT2D eigenvalue weighted by atomic mass is 10.0. The molecule has 1 rings (SSSR count). The van der Waals surface area contributed by atoms with Crippen LogP contribution in [-0.2, 0) is 9.53 Å². The van der Waals surface area contributed by atoms with Crippen LogP contribution in [-0.4, -0.2) is 31.2 Å². The van der Waals surface area contributed by atoms with Crippen molar-refractivity contribution in [3.05, 3.63) is 27.7 Å². The predicted octanol–water partition coefficient (Wildman–Crippen LogP) is 2.91. The standard InChI is InChI=1S/C14H12Cl2N2O4/c1-7(18)9(5-17)12(19)6-22-14(20)8-3-10(15)13(21-2)11(16)4-8/h3-4,9,18H,6H2,1-2H3. The molecule has 0 fully saturated rings. The molecule has 0 aromatic heterocycles. The van der Waals surface area contributed by atoms with Crippen molar-refractivity contribution < 1.29 is 19.1 Å². The summed E-state index contributed by atoms with van der Waals surface area (Å²) in [6.45, 7) is 0.713. The Morgan fingerprint density at radius 3 is 2.32 bits per heavy atom. The number of carbonyl (C=O) groups is 2. The van der Waals surface area contributed by atoms with Crippen molar-refractivity contribution in [1.29, 1.82) is 10.7 Å². The van der Waals surface area contributed by atoms with Gasteiger partial charge in [-0.3, -0.25) is 4.79 Å². The first-order chi connectivity index (χ1) is 10.3. The highest BCUT2D eigenvalue weighted by Gasteiger charge is 2.22. The minimum Gasteiger partial charge on any atom is -0.494 e. The number of ketones is 1. The number of halogens is 2. The van der Waals surface area contributed by atoms with E-state index in [4.69, 9.17) is 43.3 Å². The van der Waals surface area contributed by atoms with Gasteiger partial charge in [0.2, 0.25) is 0 Å². The van der Waals surface area contributed by atoms with Crippen molar-refractivity contribution in [2.45, 2.75) is 6.92 Å². The van der Waals surface area contributed by atoms with Crippen LogP contribution in [0.3, 0.4) is 0 Å². The molecular formula is C14H12Cl2N2O4. The van der Waals surface area contributed by atoms with Gasteiger partial charge in [-0.05, 0) is 19.1 Å². The van der Waals surface area contributed by atoms with Gasteiger partial charge in [0.25, 0.3) is 0 Å². The van der Waals surface area contributed by atoms with Gasteiger partial charge in [-0.25, -0.2) is 4.79 Å². The van der Waals surface area contributed by atoms with Crippen molar-refractivity contribution in [3.63, 3.8) is 0 Å². The van der Waals surface area contributed by atoms with E-state index in [0.717, 1.165) is 0 Å². The number of hydrogen-bond donors (Lipinski definition) is 1. The Kier molecular flexibility index (Phi) is 6.35. The van der Waals surface area contributed by atoms with Crippen molar-refractivity contribution in [3.8, 4) is 11.8 Å². The Balaban J connectivity index is 2.81. The van der Waals surface area contributed by atoms with Crippen LogP contribution in [0.25, 0.3) is 0 Å². The fourth-order valence-electron chi connectivity index (χ4n) is 1.59. The molecular weight excluding hydrogens is 331 g/mol. The maximum atomic E-state index is 11.9. The van der Waals surface area contributed by atoms with Crippen LogP contribution in [0.2, 0.25) is 10.0 Å². The van der Waals surface area contributed by atoms with Gasteiger partial charge in [0.1, 0.15) is 5.92 Å². The molecule has 116 valence electrons. The van der Waals surface area contributed by atoms with Gasteiger partial charge in [0.15, 0.2) is 18.1 Å². The third-order valence-corrected chi connectivity index (χ3v) is 3.23. The molecule has 0 spiro atoms. The number of ether oxygens (including phenoxy) is 2. The number of methoxy groups -OCH3 is 1. The number of nitrogens with zero attached hydrogens (tertiary/aromatic N) is 1. The van der Waals surface area contributed by atoms with Gasteiger partial charge in [-0.15, -0.1) is 0 Å². The summed E-state index contributed by atoms with van der Waals surface area (Å²) in [6.07, 6.45) is 0. The molecule has 0 aliphatic carbocycles. The molecule has 1 atom stereocenters. The summed E-state index contributed by atoms with van der Waals surface area (Å²) < 4.78 is 9.76. The van der Waals surface area contributed by atoms with E-state index in [1.165, 1.54) is 26.2 Å². The monoisotopic (exact) mass is 342 g/mol. The quantitative estimate of drug-likeness (QED) is 0.632. The molecule has 22 heavy (non-hydrogen) atoms. The van der Waals surface area contributed by atoms with Gasteiger partial charge in [0.05, 0.1) is 28.8 Å². The second-order valence-corrected chi connectivity index (χ2v) is 5.08. The molecule has 8 heteroatoms. The second-order valence-electron chi connectivity index (χ2n) is 4.26. The Morgan fingerprint density at radius 2 is 1.91 bits per heavy atom.